The van der Waals surface area contributed by atoms with E-state index in [0.717, 1.165) is 37.4 Å². The number of rotatable bonds is 6. The number of carbonyl (C=O) groups is 1. The molecule has 1 aromatic rings. The van der Waals surface area contributed by atoms with Gasteiger partial charge in [-0.1, -0.05) is 0 Å². The number of nitrogens with zero attached hydrogens (tertiary/aromatic N) is 1. The zero-order valence-corrected chi connectivity index (χ0v) is 13.5. The molecule has 0 saturated carbocycles. The maximum absolute atomic E-state index is 11.9. The number of hydrogen-bond acceptors (Lipinski definition) is 4. The Hall–Kier alpha value is -1.36. The number of amides is 1. The Bertz CT molecular complexity index is 449. The van der Waals surface area contributed by atoms with E-state index in [1.165, 1.54) is 0 Å². The van der Waals surface area contributed by atoms with Crippen molar-refractivity contribution in [1.29, 1.82) is 0 Å². The standard InChI is InChI=1S/C16H23NO3S/c1-19-14-5-7-15(8-6-14)20-11-13-4-3-9-17(10-13)16(18)12-21-2/h5-8,13H,3-4,9-12H2,1-2H3/t13-/m1/s1. The van der Waals surface area contributed by atoms with Crippen molar-refractivity contribution in [2.75, 3.05) is 38.8 Å². The Kier molecular flexibility index (Phi) is 6.23. The molecular weight excluding hydrogens is 286 g/mol. The quantitative estimate of drug-likeness (QED) is 0.810. The number of ether oxygens (including phenoxy) is 2. The molecule has 116 valence electrons. The minimum Gasteiger partial charge on any atom is -0.497 e. The van der Waals surface area contributed by atoms with Gasteiger partial charge in [-0.15, -0.1) is 0 Å². The van der Waals surface area contributed by atoms with Crippen molar-refractivity contribution in [2.45, 2.75) is 12.8 Å². The number of carbonyl (C=O) groups excluding carboxylic acids is 1. The summed E-state index contributed by atoms with van der Waals surface area (Å²) in [6.45, 7) is 2.36. The maximum atomic E-state index is 11.9. The highest BCUT2D eigenvalue weighted by molar-refractivity contribution is 7.99. The van der Waals surface area contributed by atoms with Crippen LogP contribution in [-0.2, 0) is 4.79 Å². The number of methoxy groups -OCH3 is 1. The van der Waals surface area contributed by atoms with E-state index in [0.29, 0.717) is 18.3 Å². The third-order valence-electron chi connectivity index (χ3n) is 3.68. The highest BCUT2D eigenvalue weighted by Gasteiger charge is 2.23. The van der Waals surface area contributed by atoms with E-state index in [1.54, 1.807) is 18.9 Å². The molecular formula is C16H23NO3S. The molecule has 0 radical (unpaired) electrons. The number of benzene rings is 1. The molecule has 4 nitrogen and oxygen atoms in total. The van der Waals surface area contributed by atoms with E-state index in [4.69, 9.17) is 9.47 Å². The summed E-state index contributed by atoms with van der Waals surface area (Å²) in [7, 11) is 1.65. The van der Waals surface area contributed by atoms with Gasteiger partial charge in [-0.2, -0.15) is 11.8 Å². The molecule has 1 heterocycles. The molecule has 1 amide bonds. The van der Waals surface area contributed by atoms with Gasteiger partial charge >= 0.3 is 0 Å². The summed E-state index contributed by atoms with van der Waals surface area (Å²) in [5, 5.41) is 0. The van der Waals surface area contributed by atoms with Gasteiger partial charge in [-0.3, -0.25) is 4.79 Å². The van der Waals surface area contributed by atoms with Crippen LogP contribution < -0.4 is 9.47 Å². The lowest BCUT2D eigenvalue weighted by Gasteiger charge is -2.32. The van der Waals surface area contributed by atoms with Crippen molar-refractivity contribution in [3.05, 3.63) is 24.3 Å². The van der Waals surface area contributed by atoms with E-state index in [2.05, 4.69) is 0 Å². The van der Waals surface area contributed by atoms with Crippen molar-refractivity contribution in [1.82, 2.24) is 4.90 Å². The first kappa shape index (κ1) is 16.0. The Morgan fingerprint density at radius 2 is 2.05 bits per heavy atom. The molecule has 0 bridgehead atoms. The van der Waals surface area contributed by atoms with Gasteiger partial charge < -0.3 is 14.4 Å². The molecule has 1 fully saturated rings. The normalized spacial score (nSPS) is 18.4. The van der Waals surface area contributed by atoms with Gasteiger partial charge in [-0.05, 0) is 43.4 Å². The number of likely N-dealkylation sites (tertiary alicyclic amines) is 1. The molecule has 0 aromatic heterocycles. The Morgan fingerprint density at radius 3 is 2.71 bits per heavy atom. The predicted molar refractivity (Wildman–Crippen MR) is 86.2 cm³/mol. The maximum Gasteiger partial charge on any atom is 0.232 e. The van der Waals surface area contributed by atoms with Crippen LogP contribution in [0.4, 0.5) is 0 Å². The summed E-state index contributed by atoms with van der Waals surface area (Å²) < 4.78 is 11.0. The fourth-order valence-electron chi connectivity index (χ4n) is 2.53. The molecule has 0 unspecified atom stereocenters. The van der Waals surface area contributed by atoms with E-state index in [1.807, 2.05) is 35.4 Å². The van der Waals surface area contributed by atoms with Crippen LogP contribution in [0.3, 0.4) is 0 Å². The summed E-state index contributed by atoms with van der Waals surface area (Å²) in [5.74, 6) is 2.92. The fourth-order valence-corrected chi connectivity index (χ4v) is 2.96. The van der Waals surface area contributed by atoms with Crippen LogP contribution >= 0.6 is 11.8 Å². The lowest BCUT2D eigenvalue weighted by Crippen LogP contribution is -2.42. The van der Waals surface area contributed by atoms with E-state index >= 15 is 0 Å². The molecule has 1 aliphatic heterocycles. The summed E-state index contributed by atoms with van der Waals surface area (Å²) >= 11 is 1.58. The molecule has 5 heteroatoms. The second-order valence-electron chi connectivity index (χ2n) is 5.27. The van der Waals surface area contributed by atoms with Crippen LogP contribution in [0.25, 0.3) is 0 Å². The summed E-state index contributed by atoms with van der Waals surface area (Å²) in [4.78, 5) is 13.9. The molecule has 0 aliphatic carbocycles. The highest BCUT2D eigenvalue weighted by Crippen LogP contribution is 2.21. The van der Waals surface area contributed by atoms with E-state index in [-0.39, 0.29) is 5.91 Å². The van der Waals surface area contributed by atoms with Crippen molar-refractivity contribution in [3.8, 4) is 11.5 Å². The monoisotopic (exact) mass is 309 g/mol. The van der Waals surface area contributed by atoms with Gasteiger partial charge in [0.2, 0.25) is 5.91 Å². The predicted octanol–water partition coefficient (Wildman–Crippen LogP) is 2.68. The van der Waals surface area contributed by atoms with Gasteiger partial charge in [0.05, 0.1) is 19.5 Å². The summed E-state index contributed by atoms with van der Waals surface area (Å²) in [6.07, 6.45) is 4.15. The van der Waals surface area contributed by atoms with E-state index in [9.17, 15) is 4.79 Å². The summed E-state index contributed by atoms with van der Waals surface area (Å²) in [6, 6.07) is 7.62. The zero-order chi connectivity index (χ0) is 15.1. The van der Waals surface area contributed by atoms with E-state index < -0.39 is 0 Å². The largest absolute Gasteiger partial charge is 0.497 e. The van der Waals surface area contributed by atoms with Gasteiger partial charge in [0.25, 0.3) is 0 Å². The van der Waals surface area contributed by atoms with Crippen LogP contribution in [0.2, 0.25) is 0 Å². The third-order valence-corrected chi connectivity index (χ3v) is 4.22. The molecule has 0 N–H and O–H groups in total. The summed E-state index contributed by atoms with van der Waals surface area (Å²) in [5.41, 5.74) is 0. The molecule has 1 atom stereocenters. The zero-order valence-electron chi connectivity index (χ0n) is 12.7. The van der Waals surface area contributed by atoms with Gasteiger partial charge in [0, 0.05) is 19.0 Å². The Morgan fingerprint density at radius 1 is 1.33 bits per heavy atom. The highest BCUT2D eigenvalue weighted by atomic mass is 32.2. The van der Waals surface area contributed by atoms with Crippen molar-refractivity contribution >= 4 is 17.7 Å². The SMILES string of the molecule is COc1ccc(OC[C@@H]2CCCN(C(=O)CSC)C2)cc1. The van der Waals surface area contributed by atoms with Crippen LogP contribution in [0, 0.1) is 5.92 Å². The molecule has 1 saturated heterocycles. The number of hydrogen-bond donors (Lipinski definition) is 0. The molecule has 0 spiro atoms. The second kappa shape index (κ2) is 8.17. The smallest absolute Gasteiger partial charge is 0.232 e. The number of thioether (sulfide) groups is 1. The van der Waals surface area contributed by atoms with Crippen LogP contribution in [0.5, 0.6) is 11.5 Å². The van der Waals surface area contributed by atoms with Gasteiger partial charge in [-0.25, -0.2) is 0 Å². The van der Waals surface area contributed by atoms with Gasteiger partial charge in [0.15, 0.2) is 0 Å². The Labute approximate surface area is 130 Å². The van der Waals surface area contributed by atoms with Crippen LogP contribution in [0.1, 0.15) is 12.8 Å². The average Bonchev–Trinajstić information content (AvgIpc) is 2.54. The topological polar surface area (TPSA) is 38.8 Å². The third kappa shape index (κ3) is 4.84. The first-order valence-corrected chi connectivity index (χ1v) is 8.66. The lowest BCUT2D eigenvalue weighted by molar-refractivity contribution is -0.130. The average molecular weight is 309 g/mol. The molecule has 2 rings (SSSR count). The molecule has 1 aromatic carbocycles. The van der Waals surface area contributed by atoms with Gasteiger partial charge in [0.1, 0.15) is 11.5 Å². The first-order valence-electron chi connectivity index (χ1n) is 7.26. The minimum absolute atomic E-state index is 0.247. The van der Waals surface area contributed by atoms with Crippen molar-refractivity contribution in [3.63, 3.8) is 0 Å². The van der Waals surface area contributed by atoms with Crippen molar-refractivity contribution in [2.24, 2.45) is 5.92 Å². The first-order chi connectivity index (χ1) is 10.2. The van der Waals surface area contributed by atoms with Crippen LogP contribution in [0.15, 0.2) is 24.3 Å². The number of piperidine rings is 1. The minimum atomic E-state index is 0.247. The Balaban J connectivity index is 1.80. The van der Waals surface area contributed by atoms with Crippen LogP contribution in [-0.4, -0.2) is 49.6 Å². The lowest BCUT2D eigenvalue weighted by atomic mass is 9.99. The molecule has 1 aliphatic rings. The fraction of sp³-hybridized carbons (Fsp3) is 0.562. The second-order valence-corrected chi connectivity index (χ2v) is 6.13. The molecule has 21 heavy (non-hydrogen) atoms. The van der Waals surface area contributed by atoms with Crippen molar-refractivity contribution < 1.29 is 14.3 Å².